The molecule has 1 N–H and O–H groups in total. The van der Waals surface area contributed by atoms with Crippen LogP contribution in [-0.4, -0.2) is 19.2 Å². The van der Waals surface area contributed by atoms with E-state index >= 15 is 0 Å². The lowest BCUT2D eigenvalue weighted by atomic mass is 10.2. The van der Waals surface area contributed by atoms with Gasteiger partial charge >= 0.3 is 0 Å². The van der Waals surface area contributed by atoms with Gasteiger partial charge in [0.15, 0.2) is 0 Å². The molecule has 2 nitrogen and oxygen atoms in total. The van der Waals surface area contributed by atoms with Gasteiger partial charge in [-0.05, 0) is 13.3 Å². The molecular formula is C12H28NO+. The highest BCUT2D eigenvalue weighted by Crippen LogP contribution is 1.93. The van der Waals surface area contributed by atoms with Crippen molar-refractivity contribution in [3.05, 3.63) is 0 Å². The summed E-state index contributed by atoms with van der Waals surface area (Å²) in [6, 6.07) is 0. The molecule has 0 aliphatic rings. The molecule has 86 valence electrons. The second kappa shape index (κ2) is 7.24. The maximum absolute atomic E-state index is 5.94. The Morgan fingerprint density at radius 1 is 0.929 bits per heavy atom. The van der Waals surface area contributed by atoms with Gasteiger partial charge in [0, 0.05) is 11.8 Å². The van der Waals surface area contributed by atoms with Gasteiger partial charge < -0.3 is 0 Å². The molecule has 0 rings (SSSR count). The first-order valence-electron chi connectivity index (χ1n) is 5.97. The number of nitrogens with one attached hydrogen (secondary N) is 1. The molecule has 0 spiro atoms. The van der Waals surface area contributed by atoms with Crippen LogP contribution in [0, 0.1) is 11.8 Å². The van der Waals surface area contributed by atoms with Crippen LogP contribution in [0.2, 0.25) is 0 Å². The van der Waals surface area contributed by atoms with Gasteiger partial charge in [0.1, 0.15) is 19.2 Å². The third-order valence-corrected chi connectivity index (χ3v) is 2.21. The van der Waals surface area contributed by atoms with Crippen LogP contribution >= 0.6 is 0 Å². The molecule has 0 aromatic carbocycles. The van der Waals surface area contributed by atoms with E-state index in [-0.39, 0.29) is 0 Å². The Bertz CT molecular complexity index is 124. The summed E-state index contributed by atoms with van der Waals surface area (Å²) in [6.45, 7) is 15.6. The van der Waals surface area contributed by atoms with Crippen LogP contribution in [0.1, 0.15) is 48.0 Å². The van der Waals surface area contributed by atoms with E-state index in [1.165, 1.54) is 5.06 Å². The monoisotopic (exact) mass is 202 g/mol. The Labute approximate surface area is 89.6 Å². The first-order chi connectivity index (χ1) is 6.45. The summed E-state index contributed by atoms with van der Waals surface area (Å²) in [7, 11) is 0. The average molecular weight is 202 g/mol. The van der Waals surface area contributed by atoms with Crippen LogP contribution < -0.4 is 5.06 Å². The number of hydroxylamine groups is 2. The molecule has 0 saturated heterocycles. The van der Waals surface area contributed by atoms with Gasteiger partial charge in [-0.2, -0.15) is 5.06 Å². The Hall–Kier alpha value is -0.0800. The molecule has 1 atom stereocenters. The molecule has 0 saturated carbocycles. The Morgan fingerprint density at radius 3 is 1.64 bits per heavy atom. The molecule has 0 aliphatic heterocycles. The van der Waals surface area contributed by atoms with Gasteiger partial charge in [0.2, 0.25) is 0 Å². The van der Waals surface area contributed by atoms with E-state index in [0.717, 1.165) is 19.5 Å². The van der Waals surface area contributed by atoms with Gasteiger partial charge in [-0.3, -0.25) is 0 Å². The minimum Gasteiger partial charge on any atom is -0.202 e. The van der Waals surface area contributed by atoms with Crippen molar-refractivity contribution < 1.29 is 9.90 Å². The largest absolute Gasteiger partial charge is 0.202 e. The molecule has 0 aliphatic carbocycles. The molecule has 0 bridgehead atoms. The highest BCUT2D eigenvalue weighted by Gasteiger charge is 2.16. The predicted molar refractivity (Wildman–Crippen MR) is 61.2 cm³/mol. The molecule has 1 unspecified atom stereocenters. The summed E-state index contributed by atoms with van der Waals surface area (Å²) >= 11 is 0. The lowest BCUT2D eigenvalue weighted by Gasteiger charge is -2.23. The highest BCUT2D eigenvalue weighted by atomic mass is 16.7. The molecule has 0 heterocycles. The summed E-state index contributed by atoms with van der Waals surface area (Å²) in [6.07, 6.45) is 1.47. The third-order valence-electron chi connectivity index (χ3n) is 2.21. The van der Waals surface area contributed by atoms with E-state index in [1.807, 2.05) is 0 Å². The normalized spacial score (nSPS) is 14.4. The summed E-state index contributed by atoms with van der Waals surface area (Å²) < 4.78 is 0. The number of hydrogen-bond donors (Lipinski definition) is 1. The van der Waals surface area contributed by atoms with Crippen molar-refractivity contribution in [2.24, 2.45) is 11.8 Å². The average Bonchev–Trinajstić information content (AvgIpc) is 2.01. The van der Waals surface area contributed by atoms with E-state index < -0.39 is 0 Å². The van der Waals surface area contributed by atoms with Crippen molar-refractivity contribution in [2.75, 3.05) is 13.1 Å². The zero-order chi connectivity index (χ0) is 11.1. The van der Waals surface area contributed by atoms with Gasteiger partial charge in [0.25, 0.3) is 0 Å². The fraction of sp³-hybridized carbons (Fsp3) is 1.00. The van der Waals surface area contributed by atoms with Crippen LogP contribution in [0.3, 0.4) is 0 Å². The molecule has 2 heteroatoms. The molecule has 0 amide bonds. The zero-order valence-corrected chi connectivity index (χ0v) is 10.8. The van der Waals surface area contributed by atoms with E-state index in [0.29, 0.717) is 17.9 Å². The maximum atomic E-state index is 5.94. The summed E-state index contributed by atoms with van der Waals surface area (Å²) in [4.78, 5) is 5.94. The lowest BCUT2D eigenvalue weighted by Crippen LogP contribution is -3.12. The van der Waals surface area contributed by atoms with Crippen molar-refractivity contribution in [3.8, 4) is 0 Å². The zero-order valence-electron chi connectivity index (χ0n) is 10.8. The minimum absolute atomic E-state index is 0.377. The molecule has 0 aromatic heterocycles. The summed E-state index contributed by atoms with van der Waals surface area (Å²) in [5, 5.41) is 1.30. The smallest absolute Gasteiger partial charge is 0.114 e. The van der Waals surface area contributed by atoms with Crippen molar-refractivity contribution in [2.45, 2.75) is 54.1 Å². The fourth-order valence-electron chi connectivity index (χ4n) is 1.46. The van der Waals surface area contributed by atoms with Crippen molar-refractivity contribution in [1.29, 1.82) is 0 Å². The molecule has 0 radical (unpaired) electrons. The van der Waals surface area contributed by atoms with E-state index in [1.54, 1.807) is 0 Å². The first kappa shape index (κ1) is 13.9. The van der Waals surface area contributed by atoms with E-state index in [2.05, 4.69) is 41.5 Å². The standard InChI is InChI=1S/C12H27NO/c1-7-12(6)14-13(8-10(2)3)9-11(4)5/h10-12H,7-9H2,1-6H3/p+1. The van der Waals surface area contributed by atoms with E-state index in [9.17, 15) is 0 Å². The van der Waals surface area contributed by atoms with Crippen molar-refractivity contribution in [3.63, 3.8) is 0 Å². The minimum atomic E-state index is 0.377. The number of rotatable bonds is 7. The molecule has 0 fully saturated rings. The highest BCUT2D eigenvalue weighted by molar-refractivity contribution is 4.42. The topological polar surface area (TPSA) is 13.7 Å². The second-order valence-electron chi connectivity index (χ2n) is 5.07. The fourth-order valence-corrected chi connectivity index (χ4v) is 1.46. The third kappa shape index (κ3) is 7.34. The molecular weight excluding hydrogens is 174 g/mol. The lowest BCUT2D eigenvalue weighted by molar-refractivity contribution is -1.10. The molecule has 0 aromatic rings. The molecule has 14 heavy (non-hydrogen) atoms. The van der Waals surface area contributed by atoms with Crippen LogP contribution in [0.25, 0.3) is 0 Å². The van der Waals surface area contributed by atoms with Gasteiger partial charge in [-0.25, -0.2) is 4.84 Å². The summed E-state index contributed by atoms with van der Waals surface area (Å²) in [5.74, 6) is 1.40. The van der Waals surface area contributed by atoms with Gasteiger partial charge in [-0.1, -0.05) is 34.6 Å². The van der Waals surface area contributed by atoms with Gasteiger partial charge in [-0.15, -0.1) is 0 Å². The van der Waals surface area contributed by atoms with Crippen LogP contribution in [0.15, 0.2) is 0 Å². The predicted octanol–water partition coefficient (Wildman–Crippen LogP) is 1.91. The van der Waals surface area contributed by atoms with Crippen molar-refractivity contribution >= 4 is 0 Å². The summed E-state index contributed by atoms with van der Waals surface area (Å²) in [5.41, 5.74) is 0. The quantitative estimate of drug-likeness (QED) is 0.623. The maximum Gasteiger partial charge on any atom is 0.114 e. The first-order valence-corrected chi connectivity index (χ1v) is 5.97. The number of hydrogen-bond acceptors (Lipinski definition) is 1. The van der Waals surface area contributed by atoms with Crippen LogP contribution in [0.4, 0.5) is 0 Å². The Balaban J connectivity index is 3.96. The van der Waals surface area contributed by atoms with Crippen LogP contribution in [0.5, 0.6) is 0 Å². The SMILES string of the molecule is CCC(C)O[NH+](CC(C)C)CC(C)C. The Morgan fingerprint density at radius 2 is 1.36 bits per heavy atom. The van der Waals surface area contributed by atoms with Crippen LogP contribution in [-0.2, 0) is 4.84 Å². The Kier molecular flexibility index (Phi) is 7.20. The van der Waals surface area contributed by atoms with Gasteiger partial charge in [0.05, 0.1) is 0 Å². The number of quaternary nitrogens is 1. The van der Waals surface area contributed by atoms with E-state index in [4.69, 9.17) is 4.84 Å². The van der Waals surface area contributed by atoms with Crippen molar-refractivity contribution in [1.82, 2.24) is 0 Å². The second-order valence-corrected chi connectivity index (χ2v) is 5.07.